The van der Waals surface area contributed by atoms with Crippen LogP contribution in [-0.4, -0.2) is 34.5 Å². The van der Waals surface area contributed by atoms with Crippen molar-refractivity contribution >= 4 is 12.4 Å². The summed E-state index contributed by atoms with van der Waals surface area (Å²) in [6.07, 6.45) is 0.768. The van der Waals surface area contributed by atoms with Crippen LogP contribution >= 0.6 is 0 Å². The largest absolute Gasteiger partial charge is 0.444 e. The molecular weight excluding hydrogens is 218 g/mol. The van der Waals surface area contributed by atoms with Gasteiger partial charge in [-0.3, -0.25) is 0 Å². The number of nitrogens with zero attached hydrogens (tertiary/aromatic N) is 1. The van der Waals surface area contributed by atoms with Crippen LogP contribution in [0.4, 0.5) is 4.79 Å². The fraction of sp³-hybridized carbons (Fsp3) is 0.846. The van der Waals surface area contributed by atoms with Crippen LogP contribution in [0.3, 0.4) is 0 Å². The van der Waals surface area contributed by atoms with Gasteiger partial charge in [-0.2, -0.15) is 0 Å². The average molecular weight is 243 g/mol. The van der Waals surface area contributed by atoms with E-state index < -0.39 is 5.60 Å². The smallest absolute Gasteiger partial charge is 0.410 e. The minimum absolute atomic E-state index is 0.164. The molecule has 100 valence electrons. The van der Waals surface area contributed by atoms with Crippen LogP contribution in [0, 0.1) is 0 Å². The first-order valence-corrected chi connectivity index (χ1v) is 5.95. The minimum Gasteiger partial charge on any atom is -0.444 e. The fourth-order valence-corrected chi connectivity index (χ4v) is 1.67. The van der Waals surface area contributed by atoms with Crippen molar-refractivity contribution in [2.24, 2.45) is 0 Å². The lowest BCUT2D eigenvalue weighted by Gasteiger charge is -2.40. The van der Waals surface area contributed by atoms with Gasteiger partial charge in [0, 0.05) is 18.0 Å². The summed E-state index contributed by atoms with van der Waals surface area (Å²) >= 11 is 0. The molecule has 0 aromatic rings. The van der Waals surface area contributed by atoms with Gasteiger partial charge in [-0.05, 0) is 48.5 Å². The lowest BCUT2D eigenvalue weighted by molar-refractivity contribution is -0.109. The summed E-state index contributed by atoms with van der Waals surface area (Å²) in [6.45, 7) is 13.1. The average Bonchev–Trinajstić information content (AvgIpc) is 1.96. The zero-order valence-corrected chi connectivity index (χ0v) is 12.0. The first-order chi connectivity index (χ1) is 7.49. The van der Waals surface area contributed by atoms with Gasteiger partial charge in [0.25, 0.3) is 0 Å². The van der Waals surface area contributed by atoms with E-state index in [4.69, 9.17) is 4.74 Å². The molecule has 0 heterocycles. The molecule has 4 heteroatoms. The van der Waals surface area contributed by atoms with Crippen LogP contribution in [0.2, 0.25) is 0 Å². The second kappa shape index (κ2) is 5.52. The number of hydrogen-bond acceptors (Lipinski definition) is 3. The third kappa shape index (κ3) is 5.71. The Kier molecular flexibility index (Phi) is 5.17. The van der Waals surface area contributed by atoms with E-state index in [9.17, 15) is 9.59 Å². The second-order valence-electron chi connectivity index (χ2n) is 6.27. The molecule has 0 spiro atoms. The summed E-state index contributed by atoms with van der Waals surface area (Å²) in [5, 5.41) is 0. The van der Waals surface area contributed by atoms with Gasteiger partial charge in [0.05, 0.1) is 0 Å². The molecule has 1 amide bonds. The number of carbonyl (C=O) groups is 2. The standard InChI is InChI=1S/C13H25NO3/c1-10(8-9-15)14(12(2,3)4)11(16)17-13(5,6)7/h9-10H,8H2,1-7H3. The zero-order chi connectivity index (χ0) is 13.9. The molecular formula is C13H25NO3. The molecule has 17 heavy (non-hydrogen) atoms. The van der Waals surface area contributed by atoms with Crippen molar-refractivity contribution in [3.63, 3.8) is 0 Å². The Balaban J connectivity index is 4.94. The number of carbonyl (C=O) groups excluding carboxylic acids is 2. The summed E-state index contributed by atoms with van der Waals surface area (Å²) in [5.74, 6) is 0. The van der Waals surface area contributed by atoms with Gasteiger partial charge in [-0.25, -0.2) is 4.79 Å². The molecule has 0 aliphatic carbocycles. The maximum Gasteiger partial charge on any atom is 0.410 e. The highest BCUT2D eigenvalue weighted by Gasteiger charge is 2.33. The summed E-state index contributed by atoms with van der Waals surface area (Å²) < 4.78 is 5.36. The predicted octanol–water partition coefficient (Wildman–Crippen LogP) is 3.00. The van der Waals surface area contributed by atoms with Crippen LogP contribution in [0.5, 0.6) is 0 Å². The lowest BCUT2D eigenvalue weighted by atomic mass is 10.0. The minimum atomic E-state index is -0.526. The van der Waals surface area contributed by atoms with Crippen molar-refractivity contribution in [3.05, 3.63) is 0 Å². The van der Waals surface area contributed by atoms with Gasteiger partial charge in [-0.15, -0.1) is 0 Å². The number of amides is 1. The van der Waals surface area contributed by atoms with Crippen molar-refractivity contribution in [2.75, 3.05) is 0 Å². The molecule has 1 unspecified atom stereocenters. The molecule has 0 aromatic heterocycles. The van der Waals surface area contributed by atoms with Gasteiger partial charge in [0.2, 0.25) is 0 Å². The van der Waals surface area contributed by atoms with Crippen LogP contribution in [0.25, 0.3) is 0 Å². The molecule has 0 radical (unpaired) electrons. The predicted molar refractivity (Wildman–Crippen MR) is 68.0 cm³/mol. The van der Waals surface area contributed by atoms with Crippen molar-refractivity contribution in [3.8, 4) is 0 Å². The van der Waals surface area contributed by atoms with Crippen molar-refractivity contribution in [1.82, 2.24) is 4.90 Å². The third-order valence-electron chi connectivity index (χ3n) is 2.19. The first kappa shape index (κ1) is 15.9. The van der Waals surface area contributed by atoms with Crippen LogP contribution < -0.4 is 0 Å². The molecule has 0 aliphatic heterocycles. The molecule has 0 aromatic carbocycles. The number of aldehydes is 1. The van der Waals surface area contributed by atoms with Crippen molar-refractivity contribution in [1.29, 1.82) is 0 Å². The van der Waals surface area contributed by atoms with E-state index in [0.717, 1.165) is 6.29 Å². The summed E-state index contributed by atoms with van der Waals surface area (Å²) in [7, 11) is 0. The van der Waals surface area contributed by atoms with Crippen LogP contribution in [0.15, 0.2) is 0 Å². The van der Waals surface area contributed by atoms with Gasteiger partial charge in [0.1, 0.15) is 11.9 Å². The summed E-state index contributed by atoms with van der Waals surface area (Å²) in [5.41, 5.74) is -0.897. The number of hydrogen-bond donors (Lipinski definition) is 0. The van der Waals surface area contributed by atoms with Gasteiger partial charge in [0.15, 0.2) is 0 Å². The Morgan fingerprint density at radius 3 is 2.00 bits per heavy atom. The third-order valence-corrected chi connectivity index (χ3v) is 2.19. The maximum absolute atomic E-state index is 12.1. The van der Waals surface area contributed by atoms with Gasteiger partial charge >= 0.3 is 6.09 Å². The number of ether oxygens (including phenoxy) is 1. The van der Waals surface area contributed by atoms with E-state index in [-0.39, 0.29) is 17.7 Å². The Bertz CT molecular complexity index is 273. The Labute approximate surface area is 104 Å². The lowest BCUT2D eigenvalue weighted by Crippen LogP contribution is -2.52. The monoisotopic (exact) mass is 243 g/mol. The SMILES string of the molecule is CC(CC=O)N(C(=O)OC(C)(C)C)C(C)(C)C. The Morgan fingerprint density at radius 2 is 1.71 bits per heavy atom. The fourth-order valence-electron chi connectivity index (χ4n) is 1.67. The molecule has 0 saturated heterocycles. The molecule has 0 rings (SSSR count). The summed E-state index contributed by atoms with van der Waals surface area (Å²) in [4.78, 5) is 24.3. The van der Waals surface area contributed by atoms with Crippen molar-refractivity contribution < 1.29 is 14.3 Å². The molecule has 4 nitrogen and oxygen atoms in total. The van der Waals surface area contributed by atoms with E-state index in [1.807, 2.05) is 48.5 Å². The molecule has 0 fully saturated rings. The van der Waals surface area contributed by atoms with Crippen LogP contribution in [-0.2, 0) is 9.53 Å². The quantitative estimate of drug-likeness (QED) is 0.716. The molecule has 1 atom stereocenters. The van der Waals surface area contributed by atoms with E-state index in [2.05, 4.69) is 0 Å². The van der Waals surface area contributed by atoms with Gasteiger partial charge in [-0.1, -0.05) is 0 Å². The second-order valence-corrected chi connectivity index (χ2v) is 6.27. The van der Waals surface area contributed by atoms with E-state index in [0.29, 0.717) is 6.42 Å². The molecule has 0 aliphatic rings. The number of rotatable bonds is 3. The Hall–Kier alpha value is -1.06. The van der Waals surface area contributed by atoms with E-state index >= 15 is 0 Å². The highest BCUT2D eigenvalue weighted by atomic mass is 16.6. The summed E-state index contributed by atoms with van der Waals surface area (Å²) in [6, 6.07) is -0.164. The van der Waals surface area contributed by atoms with Crippen LogP contribution in [0.1, 0.15) is 54.9 Å². The molecule has 0 bridgehead atoms. The highest BCUT2D eigenvalue weighted by molar-refractivity contribution is 5.70. The first-order valence-electron chi connectivity index (χ1n) is 5.95. The molecule has 0 N–H and O–H groups in total. The van der Waals surface area contributed by atoms with Crippen molar-refractivity contribution in [2.45, 2.75) is 72.1 Å². The maximum atomic E-state index is 12.1. The zero-order valence-electron chi connectivity index (χ0n) is 12.0. The van der Waals surface area contributed by atoms with E-state index in [1.165, 1.54) is 0 Å². The Morgan fingerprint density at radius 1 is 1.24 bits per heavy atom. The normalized spacial score (nSPS) is 14.1. The highest BCUT2D eigenvalue weighted by Crippen LogP contribution is 2.22. The molecule has 0 saturated carbocycles. The topological polar surface area (TPSA) is 46.6 Å². The van der Waals surface area contributed by atoms with E-state index in [1.54, 1.807) is 4.90 Å². The van der Waals surface area contributed by atoms with Gasteiger partial charge < -0.3 is 14.4 Å².